The molecular formula is C15H22BN2O. The summed E-state index contributed by atoms with van der Waals surface area (Å²) in [6, 6.07) is 9.59. The fourth-order valence-electron chi connectivity index (χ4n) is 3.11. The summed E-state index contributed by atoms with van der Waals surface area (Å²) < 4.78 is 5.19. The molecule has 1 atom stereocenters. The van der Waals surface area contributed by atoms with Crippen LogP contribution in [0.15, 0.2) is 24.3 Å². The molecule has 0 aliphatic carbocycles. The Hall–Kier alpha value is -0.835. The van der Waals surface area contributed by atoms with E-state index < -0.39 is 0 Å². The third kappa shape index (κ3) is 3.02. The Labute approximate surface area is 116 Å². The number of benzene rings is 1. The normalized spacial score (nSPS) is 24.4. The lowest BCUT2D eigenvalue weighted by atomic mass is 9.98. The molecule has 19 heavy (non-hydrogen) atoms. The number of likely N-dealkylation sites (tertiary alicyclic amines) is 1. The molecule has 1 radical (unpaired) electrons. The van der Waals surface area contributed by atoms with Gasteiger partial charge in [-0.1, -0.05) is 24.3 Å². The van der Waals surface area contributed by atoms with Crippen molar-refractivity contribution in [3.63, 3.8) is 0 Å². The topological polar surface area (TPSA) is 15.7 Å². The standard InChI is InChI=1S/C15H22BN2O/c1-19-16-18-10-3-7-15(18)14-6-2-5-13(11-14)12-17-8-4-9-17/h2,5-6,11,15H,3-4,7-10,12H2,1H3. The molecule has 0 N–H and O–H groups in total. The van der Waals surface area contributed by atoms with Crippen molar-refractivity contribution >= 4 is 7.62 Å². The zero-order chi connectivity index (χ0) is 13.1. The van der Waals surface area contributed by atoms with E-state index in [1.807, 2.05) is 7.62 Å². The third-order valence-corrected chi connectivity index (χ3v) is 4.23. The molecule has 0 amide bonds. The van der Waals surface area contributed by atoms with Crippen LogP contribution in [0.3, 0.4) is 0 Å². The zero-order valence-electron chi connectivity index (χ0n) is 11.7. The Balaban J connectivity index is 1.70. The maximum Gasteiger partial charge on any atom is 0.399 e. The second-order valence-corrected chi connectivity index (χ2v) is 5.61. The monoisotopic (exact) mass is 257 g/mol. The first-order valence-corrected chi connectivity index (χ1v) is 7.30. The van der Waals surface area contributed by atoms with Crippen molar-refractivity contribution in [2.24, 2.45) is 0 Å². The van der Waals surface area contributed by atoms with Gasteiger partial charge in [0.05, 0.1) is 0 Å². The summed E-state index contributed by atoms with van der Waals surface area (Å²) in [6.45, 7) is 4.73. The van der Waals surface area contributed by atoms with Crippen LogP contribution in [0.5, 0.6) is 0 Å². The van der Waals surface area contributed by atoms with E-state index in [0.29, 0.717) is 6.04 Å². The highest BCUT2D eigenvalue weighted by atomic mass is 16.4. The average molecular weight is 257 g/mol. The number of hydrogen-bond acceptors (Lipinski definition) is 3. The van der Waals surface area contributed by atoms with Gasteiger partial charge < -0.3 is 9.47 Å². The number of hydrogen-bond donors (Lipinski definition) is 0. The Morgan fingerprint density at radius 1 is 1.26 bits per heavy atom. The second kappa shape index (κ2) is 6.08. The van der Waals surface area contributed by atoms with Gasteiger partial charge in [-0.05, 0) is 50.0 Å². The summed E-state index contributed by atoms with van der Waals surface area (Å²) in [5.41, 5.74) is 2.88. The van der Waals surface area contributed by atoms with Gasteiger partial charge >= 0.3 is 7.62 Å². The molecule has 101 valence electrons. The maximum atomic E-state index is 5.19. The molecule has 0 saturated carbocycles. The Bertz CT molecular complexity index is 422. The molecule has 1 aromatic rings. The minimum Gasteiger partial charge on any atom is -0.427 e. The molecule has 2 aliphatic heterocycles. The summed E-state index contributed by atoms with van der Waals surface area (Å²) in [6.07, 6.45) is 3.84. The summed E-state index contributed by atoms with van der Waals surface area (Å²) in [7, 11) is 3.61. The van der Waals surface area contributed by atoms with Crippen LogP contribution in [-0.4, -0.2) is 44.1 Å². The Morgan fingerprint density at radius 2 is 2.16 bits per heavy atom. The van der Waals surface area contributed by atoms with E-state index in [-0.39, 0.29) is 0 Å². The SMILES string of the molecule is CO[B]N1CCCC1c1cccc(CN2CCC2)c1. The van der Waals surface area contributed by atoms with Crippen molar-refractivity contribution in [2.45, 2.75) is 31.8 Å². The smallest absolute Gasteiger partial charge is 0.399 e. The van der Waals surface area contributed by atoms with Crippen LogP contribution in [-0.2, 0) is 11.2 Å². The van der Waals surface area contributed by atoms with Gasteiger partial charge in [0.25, 0.3) is 0 Å². The van der Waals surface area contributed by atoms with Crippen LogP contribution in [0, 0.1) is 0 Å². The molecule has 4 heteroatoms. The van der Waals surface area contributed by atoms with Crippen LogP contribution in [0.4, 0.5) is 0 Å². The summed E-state index contributed by atoms with van der Waals surface area (Å²) in [5.74, 6) is 0. The fraction of sp³-hybridized carbons (Fsp3) is 0.600. The van der Waals surface area contributed by atoms with Crippen LogP contribution in [0.25, 0.3) is 0 Å². The highest BCUT2D eigenvalue weighted by Gasteiger charge is 2.26. The Morgan fingerprint density at radius 3 is 2.89 bits per heavy atom. The molecule has 2 heterocycles. The molecule has 1 unspecified atom stereocenters. The maximum absolute atomic E-state index is 5.19. The van der Waals surface area contributed by atoms with Crippen molar-refractivity contribution < 1.29 is 4.65 Å². The van der Waals surface area contributed by atoms with Gasteiger partial charge in [-0.25, -0.2) is 0 Å². The molecule has 0 spiro atoms. The zero-order valence-corrected chi connectivity index (χ0v) is 11.7. The van der Waals surface area contributed by atoms with Crippen LogP contribution in [0.1, 0.15) is 36.4 Å². The first kappa shape index (κ1) is 13.2. The molecule has 2 saturated heterocycles. The third-order valence-electron chi connectivity index (χ3n) is 4.23. The largest absolute Gasteiger partial charge is 0.427 e. The van der Waals surface area contributed by atoms with Crippen molar-refractivity contribution in [1.82, 2.24) is 9.71 Å². The van der Waals surface area contributed by atoms with Crippen LogP contribution < -0.4 is 0 Å². The van der Waals surface area contributed by atoms with Crippen molar-refractivity contribution in [1.29, 1.82) is 0 Å². The first-order valence-electron chi connectivity index (χ1n) is 7.30. The van der Waals surface area contributed by atoms with Gasteiger partial charge in [-0.15, -0.1) is 0 Å². The highest BCUT2D eigenvalue weighted by molar-refractivity contribution is 6.23. The van der Waals surface area contributed by atoms with E-state index in [1.165, 1.54) is 43.5 Å². The van der Waals surface area contributed by atoms with E-state index in [0.717, 1.165) is 13.1 Å². The van der Waals surface area contributed by atoms with E-state index in [4.69, 9.17) is 4.65 Å². The van der Waals surface area contributed by atoms with E-state index >= 15 is 0 Å². The lowest BCUT2D eigenvalue weighted by Gasteiger charge is -2.31. The van der Waals surface area contributed by atoms with Crippen molar-refractivity contribution in [3.8, 4) is 0 Å². The molecule has 1 aromatic carbocycles. The van der Waals surface area contributed by atoms with Gasteiger partial charge in [0.1, 0.15) is 0 Å². The predicted molar refractivity (Wildman–Crippen MR) is 77.8 cm³/mol. The van der Waals surface area contributed by atoms with Gasteiger partial charge in [-0.3, -0.25) is 4.90 Å². The van der Waals surface area contributed by atoms with Gasteiger partial charge in [-0.2, -0.15) is 0 Å². The molecule has 3 nitrogen and oxygen atoms in total. The highest BCUT2D eigenvalue weighted by Crippen LogP contribution is 2.31. The first-order chi connectivity index (χ1) is 9.36. The molecule has 3 rings (SSSR count). The van der Waals surface area contributed by atoms with Crippen LogP contribution >= 0.6 is 0 Å². The van der Waals surface area contributed by atoms with Gasteiger partial charge in [0, 0.05) is 19.7 Å². The predicted octanol–water partition coefficient (Wildman–Crippen LogP) is 2.21. The number of nitrogens with zero attached hydrogens (tertiary/aromatic N) is 2. The fourth-order valence-corrected chi connectivity index (χ4v) is 3.11. The minimum absolute atomic E-state index is 0.497. The molecular weight excluding hydrogens is 235 g/mol. The second-order valence-electron chi connectivity index (χ2n) is 5.61. The summed E-state index contributed by atoms with van der Waals surface area (Å²) >= 11 is 0. The molecule has 0 aromatic heterocycles. The van der Waals surface area contributed by atoms with Gasteiger partial charge in [0.15, 0.2) is 0 Å². The molecule has 2 fully saturated rings. The average Bonchev–Trinajstić information content (AvgIpc) is 2.83. The number of rotatable bonds is 5. The minimum atomic E-state index is 0.497. The summed E-state index contributed by atoms with van der Waals surface area (Å²) in [5, 5.41) is 0. The van der Waals surface area contributed by atoms with E-state index in [1.54, 1.807) is 7.11 Å². The van der Waals surface area contributed by atoms with E-state index in [9.17, 15) is 0 Å². The lowest BCUT2D eigenvalue weighted by Crippen LogP contribution is -2.36. The quantitative estimate of drug-likeness (QED) is 0.752. The Kier molecular flexibility index (Phi) is 4.21. The molecule has 2 aliphatic rings. The van der Waals surface area contributed by atoms with E-state index in [2.05, 4.69) is 34.0 Å². The van der Waals surface area contributed by atoms with Crippen LogP contribution in [0.2, 0.25) is 0 Å². The molecule has 0 bridgehead atoms. The van der Waals surface area contributed by atoms with Crippen molar-refractivity contribution in [2.75, 3.05) is 26.7 Å². The van der Waals surface area contributed by atoms with Gasteiger partial charge in [0.2, 0.25) is 0 Å². The summed E-state index contributed by atoms with van der Waals surface area (Å²) in [4.78, 5) is 4.83. The van der Waals surface area contributed by atoms with Crippen molar-refractivity contribution in [3.05, 3.63) is 35.4 Å². The lowest BCUT2D eigenvalue weighted by molar-refractivity contribution is 0.172.